The normalized spacial score (nSPS) is 10.9. The quantitative estimate of drug-likeness (QED) is 0.470. The van der Waals surface area contributed by atoms with Gasteiger partial charge in [-0.25, -0.2) is 8.42 Å². The minimum absolute atomic E-state index is 0.0264. The Morgan fingerprint density at radius 3 is 2.18 bits per heavy atom. The summed E-state index contributed by atoms with van der Waals surface area (Å²) in [4.78, 5) is 10.3. The van der Waals surface area contributed by atoms with E-state index in [4.69, 9.17) is 9.47 Å². The summed E-state index contributed by atoms with van der Waals surface area (Å²) in [6.07, 6.45) is 0. The van der Waals surface area contributed by atoms with E-state index in [1.54, 1.807) is 12.1 Å². The number of benzene rings is 3. The van der Waals surface area contributed by atoms with Crippen molar-refractivity contribution in [2.75, 3.05) is 11.8 Å². The van der Waals surface area contributed by atoms with Crippen LogP contribution in [0.25, 0.3) is 0 Å². The molecule has 0 atom stereocenters. The van der Waals surface area contributed by atoms with Gasteiger partial charge in [0, 0.05) is 12.1 Å². The number of sulfonamides is 1. The van der Waals surface area contributed by atoms with Gasteiger partial charge < -0.3 is 9.47 Å². The van der Waals surface area contributed by atoms with Gasteiger partial charge in [0.15, 0.2) is 0 Å². The van der Waals surface area contributed by atoms with Crippen LogP contribution in [0.3, 0.4) is 0 Å². The predicted molar refractivity (Wildman–Crippen MR) is 103 cm³/mol. The fourth-order valence-electron chi connectivity index (χ4n) is 2.40. The Morgan fingerprint density at radius 1 is 0.929 bits per heavy atom. The van der Waals surface area contributed by atoms with Crippen molar-refractivity contribution >= 4 is 21.4 Å². The van der Waals surface area contributed by atoms with Gasteiger partial charge in [0.05, 0.1) is 22.6 Å². The Balaban J connectivity index is 1.83. The molecule has 0 aromatic heterocycles. The standard InChI is InChI=1S/C19H16N2O6S/c1-26-19-12-7-14(21(22)23)13-18(19)20-28(24,25)17-10-8-16(9-11-17)27-15-5-3-2-4-6-15/h2-13,20H,1H3. The zero-order valence-electron chi connectivity index (χ0n) is 14.7. The van der Waals surface area contributed by atoms with Crippen molar-refractivity contribution in [1.82, 2.24) is 0 Å². The van der Waals surface area contributed by atoms with Gasteiger partial charge in [0.25, 0.3) is 15.7 Å². The van der Waals surface area contributed by atoms with Gasteiger partial charge in [0.1, 0.15) is 17.2 Å². The number of nitro benzene ring substituents is 1. The number of anilines is 1. The third kappa shape index (κ3) is 4.38. The molecule has 0 unspecified atom stereocenters. The SMILES string of the molecule is COc1ccc([N+](=O)[O-])cc1NS(=O)(=O)c1ccc(Oc2ccccc2)cc1. The molecular formula is C19H16N2O6S. The van der Waals surface area contributed by atoms with E-state index in [0.29, 0.717) is 11.5 Å². The zero-order chi connectivity index (χ0) is 20.1. The van der Waals surface area contributed by atoms with Crippen molar-refractivity contribution in [3.63, 3.8) is 0 Å². The van der Waals surface area contributed by atoms with Crippen LogP contribution in [0.5, 0.6) is 17.2 Å². The molecule has 3 aromatic carbocycles. The van der Waals surface area contributed by atoms with Crippen LogP contribution < -0.4 is 14.2 Å². The zero-order valence-corrected chi connectivity index (χ0v) is 15.5. The van der Waals surface area contributed by atoms with Crippen LogP contribution >= 0.6 is 0 Å². The molecule has 0 bridgehead atoms. The number of nitro groups is 1. The molecule has 0 aliphatic carbocycles. The minimum Gasteiger partial charge on any atom is -0.495 e. The van der Waals surface area contributed by atoms with E-state index in [1.165, 1.54) is 43.5 Å². The molecule has 3 rings (SSSR count). The molecule has 8 nitrogen and oxygen atoms in total. The Hall–Kier alpha value is -3.59. The molecule has 144 valence electrons. The molecule has 0 radical (unpaired) electrons. The van der Waals surface area contributed by atoms with E-state index >= 15 is 0 Å². The summed E-state index contributed by atoms with van der Waals surface area (Å²) in [6, 6.07) is 18.5. The second-order valence-electron chi connectivity index (χ2n) is 5.63. The second kappa shape index (κ2) is 7.97. The summed E-state index contributed by atoms with van der Waals surface area (Å²) in [5.41, 5.74) is -0.286. The lowest BCUT2D eigenvalue weighted by Gasteiger charge is -2.12. The molecule has 3 aromatic rings. The highest BCUT2D eigenvalue weighted by molar-refractivity contribution is 7.92. The minimum atomic E-state index is -3.99. The summed E-state index contributed by atoms with van der Waals surface area (Å²) in [5, 5.41) is 10.9. The van der Waals surface area contributed by atoms with Crippen LogP contribution in [0.15, 0.2) is 77.7 Å². The van der Waals surface area contributed by atoms with Gasteiger partial charge in [-0.3, -0.25) is 14.8 Å². The van der Waals surface area contributed by atoms with Crippen LogP contribution in [0.1, 0.15) is 0 Å². The van der Waals surface area contributed by atoms with E-state index in [0.717, 1.165) is 6.07 Å². The van der Waals surface area contributed by atoms with Gasteiger partial charge in [0.2, 0.25) is 0 Å². The molecule has 28 heavy (non-hydrogen) atoms. The molecule has 9 heteroatoms. The van der Waals surface area contributed by atoms with Crippen LogP contribution in [0.4, 0.5) is 11.4 Å². The van der Waals surface area contributed by atoms with E-state index in [-0.39, 0.29) is 22.0 Å². The molecule has 0 saturated heterocycles. The first-order valence-electron chi connectivity index (χ1n) is 8.07. The highest BCUT2D eigenvalue weighted by Gasteiger charge is 2.19. The van der Waals surface area contributed by atoms with Crippen LogP contribution in [0.2, 0.25) is 0 Å². The number of rotatable bonds is 7. The Morgan fingerprint density at radius 2 is 1.57 bits per heavy atom. The molecule has 0 fully saturated rings. The summed E-state index contributed by atoms with van der Waals surface area (Å²) >= 11 is 0. The number of para-hydroxylation sites is 1. The average Bonchev–Trinajstić information content (AvgIpc) is 2.69. The maximum atomic E-state index is 12.6. The summed E-state index contributed by atoms with van der Waals surface area (Å²) in [6.45, 7) is 0. The molecule has 0 heterocycles. The van der Waals surface area contributed by atoms with Gasteiger partial charge in [-0.1, -0.05) is 18.2 Å². The van der Waals surface area contributed by atoms with Crippen LogP contribution in [-0.4, -0.2) is 20.5 Å². The van der Waals surface area contributed by atoms with Gasteiger partial charge in [-0.2, -0.15) is 0 Å². The predicted octanol–water partition coefficient (Wildman–Crippen LogP) is 4.20. The number of ether oxygens (including phenoxy) is 2. The lowest BCUT2D eigenvalue weighted by Crippen LogP contribution is -2.13. The lowest BCUT2D eigenvalue weighted by atomic mass is 10.2. The number of methoxy groups -OCH3 is 1. The van der Waals surface area contributed by atoms with E-state index in [1.807, 2.05) is 18.2 Å². The molecule has 0 amide bonds. The first kappa shape index (κ1) is 19.2. The van der Waals surface area contributed by atoms with Gasteiger partial charge >= 0.3 is 0 Å². The largest absolute Gasteiger partial charge is 0.495 e. The van der Waals surface area contributed by atoms with Crippen molar-refractivity contribution in [3.05, 3.63) is 82.9 Å². The number of hydrogen-bond donors (Lipinski definition) is 1. The molecule has 0 aliphatic heterocycles. The van der Waals surface area contributed by atoms with Crippen molar-refractivity contribution in [1.29, 1.82) is 0 Å². The van der Waals surface area contributed by atoms with Gasteiger partial charge in [-0.05, 0) is 42.5 Å². The number of non-ortho nitro benzene ring substituents is 1. The van der Waals surface area contributed by atoms with E-state index in [9.17, 15) is 18.5 Å². The third-order valence-corrected chi connectivity index (χ3v) is 5.13. The average molecular weight is 400 g/mol. The second-order valence-corrected chi connectivity index (χ2v) is 7.32. The lowest BCUT2D eigenvalue weighted by molar-refractivity contribution is -0.384. The Bertz CT molecular complexity index is 1080. The Kier molecular flexibility index (Phi) is 5.46. The van der Waals surface area contributed by atoms with Crippen molar-refractivity contribution in [2.45, 2.75) is 4.90 Å². The van der Waals surface area contributed by atoms with Crippen molar-refractivity contribution < 1.29 is 22.8 Å². The van der Waals surface area contributed by atoms with E-state index < -0.39 is 14.9 Å². The molecule has 1 N–H and O–H groups in total. The fourth-order valence-corrected chi connectivity index (χ4v) is 3.47. The third-order valence-electron chi connectivity index (χ3n) is 3.75. The van der Waals surface area contributed by atoms with Crippen molar-refractivity contribution in [3.8, 4) is 17.2 Å². The fraction of sp³-hybridized carbons (Fsp3) is 0.0526. The van der Waals surface area contributed by atoms with Crippen molar-refractivity contribution in [2.24, 2.45) is 0 Å². The molecular weight excluding hydrogens is 384 g/mol. The van der Waals surface area contributed by atoms with Gasteiger partial charge in [-0.15, -0.1) is 0 Å². The number of hydrogen-bond acceptors (Lipinski definition) is 6. The first-order chi connectivity index (χ1) is 13.4. The summed E-state index contributed by atoms with van der Waals surface area (Å²) < 4.78 is 38.3. The number of nitrogens with one attached hydrogen (secondary N) is 1. The van der Waals surface area contributed by atoms with E-state index in [2.05, 4.69) is 4.72 Å². The number of nitrogens with zero attached hydrogens (tertiary/aromatic N) is 1. The highest BCUT2D eigenvalue weighted by atomic mass is 32.2. The Labute approximate surface area is 161 Å². The molecule has 0 saturated carbocycles. The maximum absolute atomic E-state index is 12.6. The monoisotopic (exact) mass is 400 g/mol. The first-order valence-corrected chi connectivity index (χ1v) is 9.55. The topological polar surface area (TPSA) is 108 Å². The smallest absolute Gasteiger partial charge is 0.271 e. The summed E-state index contributed by atoms with van der Waals surface area (Å²) in [5.74, 6) is 1.26. The molecule has 0 spiro atoms. The summed E-state index contributed by atoms with van der Waals surface area (Å²) in [7, 11) is -2.64. The maximum Gasteiger partial charge on any atom is 0.271 e. The van der Waals surface area contributed by atoms with Crippen LogP contribution in [-0.2, 0) is 10.0 Å². The molecule has 0 aliphatic rings. The highest BCUT2D eigenvalue weighted by Crippen LogP contribution is 2.31. The van der Waals surface area contributed by atoms with Crippen LogP contribution in [0, 0.1) is 10.1 Å².